The Morgan fingerprint density at radius 1 is 0.354 bits per heavy atom. The van der Waals surface area contributed by atoms with Crippen molar-refractivity contribution < 1.29 is 107 Å². The summed E-state index contributed by atoms with van der Waals surface area (Å²) in [5, 5.41) is 0. The van der Waals surface area contributed by atoms with E-state index in [4.69, 9.17) is 88.7 Å². The summed E-state index contributed by atoms with van der Waals surface area (Å²) in [5.41, 5.74) is 0. The lowest BCUT2D eigenvalue weighted by Gasteiger charge is -2.47. The zero-order valence-electron chi connectivity index (χ0n) is 71.3. The van der Waals surface area contributed by atoms with Crippen LogP contribution in [0.25, 0.3) is 0 Å². The molecule has 25 heteroatoms. The molecule has 0 spiro atoms. The Morgan fingerprint density at radius 3 is 1.17 bits per heavy atom. The topological polar surface area (TPSA) is 244 Å². The molecular weight excluding hydrogens is 1490 g/mol. The van der Waals surface area contributed by atoms with E-state index in [1.165, 1.54) is 146 Å². The zero-order chi connectivity index (χ0) is 82.4. The van der Waals surface area contributed by atoms with Crippen molar-refractivity contribution in [1.82, 2.24) is 0 Å². The van der Waals surface area contributed by atoms with Crippen LogP contribution < -0.4 is 0 Å². The van der Waals surface area contributed by atoms with Crippen molar-refractivity contribution >= 4 is 28.0 Å². The van der Waals surface area contributed by atoms with Crippen LogP contribution in [0.2, 0.25) is 0 Å². The second kappa shape index (κ2) is 72.6. The Bertz CT molecular complexity index is 2440. The maximum atomic E-state index is 15.1. The number of hydrogen-bond acceptors (Lipinski definition) is 23. The molecular formula is C88H158O23P2. The van der Waals surface area contributed by atoms with Gasteiger partial charge in [-0.15, -0.1) is 26.3 Å². The van der Waals surface area contributed by atoms with E-state index in [1.807, 2.05) is 0 Å². The Kier molecular flexibility index (Phi) is 67.9. The van der Waals surface area contributed by atoms with Gasteiger partial charge in [0.2, 0.25) is 0 Å². The summed E-state index contributed by atoms with van der Waals surface area (Å²) < 4.78 is 151. The van der Waals surface area contributed by atoms with Gasteiger partial charge in [0, 0.05) is 40.5 Å². The third-order valence-corrected chi connectivity index (χ3v) is 22.7. The number of carbonyl (C=O) groups excluding carboxylic acids is 2. The first-order chi connectivity index (χ1) is 55.2. The summed E-state index contributed by atoms with van der Waals surface area (Å²) in [6.45, 7) is 30.0. The molecule has 0 aliphatic carbocycles. The Hall–Kier alpha value is -3.42. The molecule has 2 fully saturated rings. The molecule has 0 saturated carbocycles. The fourth-order valence-corrected chi connectivity index (χ4v) is 16.1. The number of ether oxygens (including phenoxy) is 13. The van der Waals surface area contributed by atoms with Crippen LogP contribution >= 0.6 is 15.6 Å². The Labute approximate surface area is 684 Å². The first-order valence-corrected chi connectivity index (χ1v) is 46.7. The third kappa shape index (κ3) is 51.6. The van der Waals surface area contributed by atoms with Crippen molar-refractivity contribution in [2.45, 2.75) is 371 Å². The van der Waals surface area contributed by atoms with Crippen LogP contribution in [0.15, 0.2) is 88.1 Å². The predicted molar refractivity (Wildman–Crippen MR) is 449 cm³/mol. The molecule has 0 amide bonds. The van der Waals surface area contributed by atoms with Crippen LogP contribution in [-0.2, 0) is 97.9 Å². The van der Waals surface area contributed by atoms with Crippen molar-refractivity contribution in [3.63, 3.8) is 0 Å². The SMILES string of the molecule is C=CCOC(=O)O[C@H](CCCCCCCCCCC)CCO[C@H]1C(OP(=O)(OCC=C)OCC=C)O[C@H](CO[C@@H]2O[C@H](COC)[C@@H](OP(=O)(OCC=C)OCC=C)[C@H](OCC[C@@H](CCCCCCC)OC)[C@H]2OCCCCCCCCCC/C=C\CCCCCC)[C@@H](OC(=O)OCC=C)[C@@H]1OCCCCCCCCCCCC. The van der Waals surface area contributed by atoms with Crippen LogP contribution in [0.5, 0.6) is 0 Å². The van der Waals surface area contributed by atoms with E-state index < -0.39 is 102 Å². The number of phosphoric ester groups is 2. The molecule has 2 aliphatic heterocycles. The summed E-state index contributed by atoms with van der Waals surface area (Å²) in [6, 6.07) is 0. The molecule has 23 nitrogen and oxygen atoms in total. The van der Waals surface area contributed by atoms with Gasteiger partial charge in [0.05, 0.1) is 52.4 Å². The molecule has 2 heterocycles. The normalized spacial score (nSPS) is 20.5. The molecule has 1 unspecified atom stereocenters. The largest absolute Gasteiger partial charge is 0.509 e. The molecule has 658 valence electrons. The van der Waals surface area contributed by atoms with Crippen LogP contribution in [0.1, 0.15) is 297 Å². The second-order valence-corrected chi connectivity index (χ2v) is 32.8. The van der Waals surface area contributed by atoms with Crippen molar-refractivity contribution in [2.24, 2.45) is 0 Å². The number of rotatable bonds is 81. The predicted octanol–water partition coefficient (Wildman–Crippen LogP) is 23.5. The molecule has 2 aliphatic rings. The summed E-state index contributed by atoms with van der Waals surface area (Å²) >= 11 is 0. The van der Waals surface area contributed by atoms with Gasteiger partial charge in [-0.2, -0.15) is 0 Å². The minimum absolute atomic E-state index is 0.0502. The van der Waals surface area contributed by atoms with Crippen molar-refractivity contribution in [3.05, 3.63) is 88.1 Å². The lowest BCUT2D eigenvalue weighted by atomic mass is 9.97. The van der Waals surface area contributed by atoms with Crippen LogP contribution in [-0.4, -0.2) is 179 Å². The van der Waals surface area contributed by atoms with E-state index in [0.29, 0.717) is 25.7 Å². The van der Waals surface area contributed by atoms with Gasteiger partial charge in [-0.05, 0) is 64.2 Å². The van der Waals surface area contributed by atoms with Gasteiger partial charge < -0.3 is 61.6 Å². The number of allylic oxidation sites excluding steroid dienone is 2. The van der Waals surface area contributed by atoms with Crippen molar-refractivity contribution in [1.29, 1.82) is 0 Å². The molecule has 2 rings (SSSR count). The average molecular weight is 1650 g/mol. The second-order valence-electron chi connectivity index (χ2n) is 29.5. The molecule has 12 atom stereocenters. The summed E-state index contributed by atoms with van der Waals surface area (Å²) in [5.74, 6) is 0. The lowest BCUT2D eigenvalue weighted by molar-refractivity contribution is -0.336. The minimum atomic E-state index is -4.67. The van der Waals surface area contributed by atoms with E-state index in [9.17, 15) is 14.2 Å². The fraction of sp³-hybridized carbons (Fsp3) is 0.818. The maximum absolute atomic E-state index is 15.1. The first kappa shape index (κ1) is 106. The number of hydrogen-bond donors (Lipinski definition) is 0. The zero-order valence-corrected chi connectivity index (χ0v) is 73.0. The van der Waals surface area contributed by atoms with Gasteiger partial charge in [-0.1, -0.05) is 289 Å². The molecule has 0 bridgehead atoms. The van der Waals surface area contributed by atoms with E-state index in [-0.39, 0.29) is 85.2 Å². The number of unbranched alkanes of at least 4 members (excludes halogenated alkanes) is 33. The van der Waals surface area contributed by atoms with Gasteiger partial charge in [-0.25, -0.2) is 18.7 Å². The summed E-state index contributed by atoms with van der Waals surface area (Å²) in [4.78, 5) is 27.5. The van der Waals surface area contributed by atoms with Gasteiger partial charge in [0.25, 0.3) is 0 Å². The highest BCUT2D eigenvalue weighted by atomic mass is 31.2. The Morgan fingerprint density at radius 2 is 0.708 bits per heavy atom. The standard InChI is InChI=1S/C88H158O23P2/c1-13-23-27-31-34-37-39-40-41-42-43-44-47-50-54-58-70-96-83-82(97-71-61-75(94-12)59-55-51-30-26-16-4)80(110-112(91,102-65-19-7)103-66-20-8)77(73-93-11)107-85(83)101-74-78-79(109-88(90)100-64-18-6)81(95-69-57-53-49-46-38-35-32-28-24-14-2)84(86(108-78)111-113(92,104-67-21-9)105-68-22-10)98-72-62-76(106-87(89)99-63-17-5)60-56-52-48-45-36-33-29-25-15-3/h17-22,37,39,75-86H,5-10,13-16,23-36,38,40-74H2,1-4,11-12H3/b39-37-/t75-,76-,77-,78-,79-,80-,81+,82+,83-,84-,85-,86?/m1/s1. The van der Waals surface area contributed by atoms with Gasteiger partial charge in [0.1, 0.15) is 62.0 Å². The maximum Gasteiger partial charge on any atom is 0.509 e. The van der Waals surface area contributed by atoms with Crippen LogP contribution in [0.3, 0.4) is 0 Å². The van der Waals surface area contributed by atoms with E-state index in [0.717, 1.165) is 135 Å². The third-order valence-electron chi connectivity index (χ3n) is 19.8. The highest BCUT2D eigenvalue weighted by Crippen LogP contribution is 2.54. The highest BCUT2D eigenvalue weighted by Gasteiger charge is 2.56. The summed E-state index contributed by atoms with van der Waals surface area (Å²) in [7, 11) is -5.97. The first-order valence-electron chi connectivity index (χ1n) is 43.8. The molecule has 0 radical (unpaired) electrons. The smallest absolute Gasteiger partial charge is 0.431 e. The number of carbonyl (C=O) groups is 2. The number of phosphoric acid groups is 2. The summed E-state index contributed by atoms with van der Waals surface area (Å²) in [6.07, 6.45) is 40.4. The van der Waals surface area contributed by atoms with Crippen molar-refractivity contribution in [2.75, 3.05) is 93.5 Å². The molecule has 0 aromatic carbocycles. The molecule has 0 aromatic rings. The van der Waals surface area contributed by atoms with E-state index in [2.05, 4.69) is 79.3 Å². The molecule has 113 heavy (non-hydrogen) atoms. The van der Waals surface area contributed by atoms with E-state index >= 15 is 4.57 Å². The highest BCUT2D eigenvalue weighted by molar-refractivity contribution is 7.48. The quantitative estimate of drug-likeness (QED) is 0.0238. The van der Waals surface area contributed by atoms with E-state index in [1.54, 1.807) is 7.11 Å². The Balaban J connectivity index is 2.95. The van der Waals surface area contributed by atoms with Gasteiger partial charge in [0.15, 0.2) is 18.7 Å². The monoisotopic (exact) mass is 1650 g/mol. The molecule has 0 aromatic heterocycles. The van der Waals surface area contributed by atoms with Crippen LogP contribution in [0.4, 0.5) is 9.59 Å². The average Bonchev–Trinajstić information content (AvgIpc) is 0.777. The molecule has 0 N–H and O–H groups in total. The fourth-order valence-electron chi connectivity index (χ4n) is 13.6. The van der Waals surface area contributed by atoms with Crippen molar-refractivity contribution in [3.8, 4) is 0 Å². The molecule has 2 saturated heterocycles. The number of methoxy groups -OCH3 is 2. The van der Waals surface area contributed by atoms with Gasteiger partial charge in [-0.3, -0.25) is 27.1 Å². The minimum Gasteiger partial charge on any atom is -0.431 e. The lowest BCUT2D eigenvalue weighted by Crippen LogP contribution is -2.64. The van der Waals surface area contributed by atoms with Crippen LogP contribution in [0, 0.1) is 0 Å². The van der Waals surface area contributed by atoms with Gasteiger partial charge >= 0.3 is 28.0 Å².